The molecule has 0 radical (unpaired) electrons. The van der Waals surface area contributed by atoms with Crippen molar-refractivity contribution < 1.29 is 47.7 Å². The van der Waals surface area contributed by atoms with E-state index < -0.39 is 66.3 Å². The second-order valence-corrected chi connectivity index (χ2v) is 6.53. The molecule has 11 nitrogen and oxygen atoms in total. The molecule has 0 aliphatic carbocycles. The van der Waals surface area contributed by atoms with Crippen LogP contribution in [0.25, 0.3) is 0 Å². The second-order valence-electron chi connectivity index (χ2n) is 6.53. The first-order valence-electron chi connectivity index (χ1n) is 8.69. The Bertz CT molecular complexity index is 662. The molecule has 0 aromatic rings. The predicted octanol–water partition coefficient (Wildman–Crippen LogP) is -0.999. The number of esters is 4. The van der Waals surface area contributed by atoms with Gasteiger partial charge in [0, 0.05) is 34.1 Å². The number of hydrogen-bond donors (Lipinski definition) is 1. The zero-order valence-corrected chi connectivity index (χ0v) is 16.0. The molecule has 2 rings (SSSR count). The lowest BCUT2D eigenvalue weighted by Crippen LogP contribution is -2.70. The van der Waals surface area contributed by atoms with Crippen molar-refractivity contribution in [3.05, 3.63) is 0 Å². The molecule has 0 aromatic heterocycles. The fourth-order valence-corrected chi connectivity index (χ4v) is 3.27. The summed E-state index contributed by atoms with van der Waals surface area (Å²) in [4.78, 5) is 57.8. The molecule has 156 valence electrons. The largest absolute Gasteiger partial charge is 0.463 e. The van der Waals surface area contributed by atoms with Crippen LogP contribution in [0.15, 0.2) is 0 Å². The molecule has 2 aliphatic heterocycles. The van der Waals surface area contributed by atoms with Crippen LogP contribution in [0.3, 0.4) is 0 Å². The maximum absolute atomic E-state index is 12.3. The second kappa shape index (κ2) is 9.00. The summed E-state index contributed by atoms with van der Waals surface area (Å²) >= 11 is 0. The van der Waals surface area contributed by atoms with Crippen LogP contribution in [0.4, 0.5) is 0 Å². The molecule has 2 fully saturated rings. The fraction of sp³-hybridized carbons (Fsp3) is 0.706. The highest BCUT2D eigenvalue weighted by Crippen LogP contribution is 2.32. The molecule has 0 unspecified atom stereocenters. The van der Waals surface area contributed by atoms with Crippen LogP contribution < -0.4 is 5.32 Å². The molecule has 0 spiro atoms. The van der Waals surface area contributed by atoms with Gasteiger partial charge in [0.05, 0.1) is 12.1 Å². The maximum Gasteiger partial charge on any atom is 0.303 e. The van der Waals surface area contributed by atoms with Crippen LogP contribution in [-0.4, -0.2) is 73.0 Å². The van der Waals surface area contributed by atoms with E-state index in [0.29, 0.717) is 0 Å². The van der Waals surface area contributed by atoms with Gasteiger partial charge in [-0.25, -0.2) is 0 Å². The molecule has 28 heavy (non-hydrogen) atoms. The molecule has 2 aliphatic rings. The summed E-state index contributed by atoms with van der Waals surface area (Å²) in [6.45, 7) is 4.44. The minimum Gasteiger partial charge on any atom is -0.463 e. The van der Waals surface area contributed by atoms with Gasteiger partial charge in [-0.15, -0.1) is 0 Å². The molecule has 0 aromatic carbocycles. The summed E-state index contributed by atoms with van der Waals surface area (Å²) in [5.74, 6) is -3.13. The van der Waals surface area contributed by atoms with Crippen molar-refractivity contribution in [3.8, 4) is 0 Å². The standard InChI is InChI=1S/C17H23NO10/c1-7(19)24-6-13-15(26-9(3)21)16(27-10(4)22)14-11(28-13)5-12(17(23)18-14)25-8(2)20/h11-16H,5-6H2,1-4H3,(H,18,23)/t11-,12+,13+,14-,15-,16+/m0/s1. The molecule has 11 heteroatoms. The van der Waals surface area contributed by atoms with Crippen LogP contribution >= 0.6 is 0 Å². The Morgan fingerprint density at radius 3 is 2.04 bits per heavy atom. The minimum atomic E-state index is -1.12. The third-order valence-electron chi connectivity index (χ3n) is 4.21. The number of ether oxygens (including phenoxy) is 5. The highest BCUT2D eigenvalue weighted by atomic mass is 16.6. The maximum atomic E-state index is 12.3. The van der Waals surface area contributed by atoms with Gasteiger partial charge in [-0.05, 0) is 0 Å². The van der Waals surface area contributed by atoms with Crippen molar-refractivity contribution >= 4 is 29.8 Å². The van der Waals surface area contributed by atoms with Gasteiger partial charge in [0.25, 0.3) is 5.91 Å². The van der Waals surface area contributed by atoms with Gasteiger partial charge < -0.3 is 29.0 Å². The topological polar surface area (TPSA) is 144 Å². The van der Waals surface area contributed by atoms with Gasteiger partial charge in [-0.3, -0.25) is 24.0 Å². The molecule has 6 atom stereocenters. The molecule has 2 heterocycles. The summed E-state index contributed by atoms with van der Waals surface area (Å²) in [5, 5.41) is 2.60. The molecular formula is C17H23NO10. The van der Waals surface area contributed by atoms with Crippen molar-refractivity contribution in [2.24, 2.45) is 0 Å². The van der Waals surface area contributed by atoms with Gasteiger partial charge >= 0.3 is 23.9 Å². The molecular weight excluding hydrogens is 378 g/mol. The molecule has 1 N–H and O–H groups in total. The van der Waals surface area contributed by atoms with E-state index in [9.17, 15) is 24.0 Å². The quantitative estimate of drug-likeness (QED) is 0.450. The third kappa shape index (κ3) is 5.41. The predicted molar refractivity (Wildman–Crippen MR) is 88.5 cm³/mol. The number of nitrogens with one attached hydrogen (secondary N) is 1. The molecule has 1 amide bonds. The van der Waals surface area contributed by atoms with Gasteiger partial charge in [0.2, 0.25) is 0 Å². The van der Waals surface area contributed by atoms with Gasteiger partial charge in [0.15, 0.2) is 18.3 Å². The Morgan fingerprint density at radius 1 is 0.929 bits per heavy atom. The SMILES string of the molecule is CC(=O)OC[C@H]1O[C@H]2C[C@@H](OC(C)=O)C(=O)N[C@@H]2[C@@H](OC(C)=O)[C@H]1OC(C)=O. The van der Waals surface area contributed by atoms with Crippen molar-refractivity contribution in [1.29, 1.82) is 0 Å². The smallest absolute Gasteiger partial charge is 0.303 e. The van der Waals surface area contributed by atoms with E-state index in [2.05, 4.69) is 5.32 Å². The minimum absolute atomic E-state index is 0.00277. The number of piperidine rings is 1. The van der Waals surface area contributed by atoms with E-state index >= 15 is 0 Å². The number of fused-ring (bicyclic) bond motifs is 1. The Kier molecular flexibility index (Phi) is 6.95. The Morgan fingerprint density at radius 2 is 1.50 bits per heavy atom. The first kappa shape index (κ1) is 21.6. The van der Waals surface area contributed by atoms with Crippen molar-refractivity contribution in [3.63, 3.8) is 0 Å². The van der Waals surface area contributed by atoms with Crippen LogP contribution in [0.2, 0.25) is 0 Å². The van der Waals surface area contributed by atoms with E-state index in [0.717, 1.165) is 6.92 Å². The van der Waals surface area contributed by atoms with E-state index in [1.54, 1.807) is 0 Å². The lowest BCUT2D eigenvalue weighted by Gasteiger charge is -2.48. The average Bonchev–Trinajstić information content (AvgIpc) is 2.55. The Balaban J connectivity index is 2.31. The third-order valence-corrected chi connectivity index (χ3v) is 4.21. The highest BCUT2D eigenvalue weighted by molar-refractivity contribution is 5.84. The number of hydrogen-bond acceptors (Lipinski definition) is 10. The van der Waals surface area contributed by atoms with Gasteiger partial charge in [-0.2, -0.15) is 0 Å². The van der Waals surface area contributed by atoms with E-state index in [1.807, 2.05) is 0 Å². The summed E-state index contributed by atoms with van der Waals surface area (Å²) < 4.78 is 26.4. The number of rotatable bonds is 5. The summed E-state index contributed by atoms with van der Waals surface area (Å²) in [6.07, 6.45) is -4.98. The number of carbonyl (C=O) groups is 5. The van der Waals surface area contributed by atoms with Crippen molar-refractivity contribution in [2.45, 2.75) is 70.7 Å². The monoisotopic (exact) mass is 401 g/mol. The van der Waals surface area contributed by atoms with E-state index in [-0.39, 0.29) is 13.0 Å². The normalized spacial score (nSPS) is 31.6. The van der Waals surface area contributed by atoms with Crippen LogP contribution in [-0.2, 0) is 47.7 Å². The average molecular weight is 401 g/mol. The van der Waals surface area contributed by atoms with E-state index in [1.165, 1.54) is 20.8 Å². The summed E-state index contributed by atoms with van der Waals surface area (Å²) in [7, 11) is 0. The number of amides is 1. The number of carbonyl (C=O) groups excluding carboxylic acids is 5. The lowest BCUT2D eigenvalue weighted by molar-refractivity contribution is -0.232. The van der Waals surface area contributed by atoms with Gasteiger partial charge in [-0.1, -0.05) is 0 Å². The van der Waals surface area contributed by atoms with E-state index in [4.69, 9.17) is 23.7 Å². The Hall–Kier alpha value is -2.69. The first-order valence-corrected chi connectivity index (χ1v) is 8.69. The molecule has 0 saturated carbocycles. The summed E-state index contributed by atoms with van der Waals surface area (Å²) in [6, 6.07) is -0.846. The fourth-order valence-electron chi connectivity index (χ4n) is 3.27. The zero-order valence-electron chi connectivity index (χ0n) is 16.0. The van der Waals surface area contributed by atoms with Crippen LogP contribution in [0.5, 0.6) is 0 Å². The summed E-state index contributed by atoms with van der Waals surface area (Å²) in [5.41, 5.74) is 0. The molecule has 2 saturated heterocycles. The lowest BCUT2D eigenvalue weighted by atomic mass is 9.86. The Labute approximate surface area is 160 Å². The first-order chi connectivity index (χ1) is 13.1. The van der Waals surface area contributed by atoms with Crippen molar-refractivity contribution in [2.75, 3.05) is 6.61 Å². The van der Waals surface area contributed by atoms with Crippen LogP contribution in [0, 0.1) is 0 Å². The highest BCUT2D eigenvalue weighted by Gasteiger charge is 2.54. The van der Waals surface area contributed by atoms with Crippen LogP contribution in [0.1, 0.15) is 34.1 Å². The molecule has 0 bridgehead atoms. The van der Waals surface area contributed by atoms with Gasteiger partial charge in [0.1, 0.15) is 12.7 Å². The van der Waals surface area contributed by atoms with Crippen molar-refractivity contribution in [1.82, 2.24) is 5.32 Å². The zero-order chi connectivity index (χ0) is 21.0.